The average molecular weight is 407 g/mol. The molecule has 0 fully saturated rings. The van der Waals surface area contributed by atoms with Crippen molar-refractivity contribution in [1.82, 2.24) is 14.8 Å². The fraction of sp³-hybridized carbons (Fsp3) is 0.150. The number of aryl methyl sites for hydroxylation is 1. The molecule has 4 rings (SSSR count). The molecule has 2 heterocycles. The quantitative estimate of drug-likeness (QED) is 0.385. The molecule has 0 radical (unpaired) electrons. The number of hydrogen-bond acceptors (Lipinski definition) is 6. The second-order valence-electron chi connectivity index (χ2n) is 6.57. The number of thiazole rings is 1. The van der Waals surface area contributed by atoms with Crippen LogP contribution in [0.4, 0.5) is 11.4 Å². The van der Waals surface area contributed by atoms with Crippen LogP contribution in [0.2, 0.25) is 0 Å². The van der Waals surface area contributed by atoms with Crippen molar-refractivity contribution in [3.8, 4) is 0 Å². The van der Waals surface area contributed by atoms with Crippen LogP contribution >= 0.6 is 11.3 Å². The molecule has 2 aromatic heterocycles. The maximum Gasteiger partial charge on any atom is 0.271 e. The number of para-hydroxylation sites is 1. The topological polar surface area (TPSA) is 103 Å². The van der Waals surface area contributed by atoms with Gasteiger partial charge in [0.1, 0.15) is 5.01 Å². The number of non-ortho nitro benzene ring substituents is 1. The van der Waals surface area contributed by atoms with E-state index in [-0.39, 0.29) is 18.0 Å². The molecule has 0 aliphatic rings. The van der Waals surface area contributed by atoms with Gasteiger partial charge in [-0.1, -0.05) is 18.2 Å². The van der Waals surface area contributed by atoms with Crippen molar-refractivity contribution in [2.24, 2.45) is 0 Å². The number of rotatable bonds is 6. The standard InChI is InChI=1S/C20H17N5O3S/c1-13-4-2-3-5-17(13)23-19(26)9-20-22-15(12-29-20)11-24-18-8-16(25(27)28)7-6-14(18)10-21-24/h2-8,10,12H,9,11H2,1H3,(H,23,26). The van der Waals surface area contributed by atoms with E-state index in [4.69, 9.17) is 0 Å². The van der Waals surface area contributed by atoms with Gasteiger partial charge in [-0.3, -0.25) is 19.6 Å². The van der Waals surface area contributed by atoms with E-state index >= 15 is 0 Å². The second kappa shape index (κ2) is 7.80. The van der Waals surface area contributed by atoms with Crippen LogP contribution in [0.15, 0.2) is 54.0 Å². The number of fused-ring (bicyclic) bond motifs is 1. The Morgan fingerprint density at radius 3 is 2.90 bits per heavy atom. The molecule has 29 heavy (non-hydrogen) atoms. The summed E-state index contributed by atoms with van der Waals surface area (Å²) >= 11 is 1.41. The predicted octanol–water partition coefficient (Wildman–Crippen LogP) is 3.94. The first-order valence-corrected chi connectivity index (χ1v) is 9.76. The minimum absolute atomic E-state index is 0.0195. The summed E-state index contributed by atoms with van der Waals surface area (Å²) in [5.41, 5.74) is 3.24. The molecule has 9 heteroatoms. The molecule has 1 N–H and O–H groups in total. The number of anilines is 1. The molecule has 1 amide bonds. The number of carbonyl (C=O) groups is 1. The molecule has 4 aromatic rings. The third-order valence-electron chi connectivity index (χ3n) is 4.48. The number of nitrogens with zero attached hydrogens (tertiary/aromatic N) is 4. The van der Waals surface area contributed by atoms with Crippen molar-refractivity contribution in [2.75, 3.05) is 5.32 Å². The zero-order valence-electron chi connectivity index (χ0n) is 15.5. The molecule has 0 aliphatic carbocycles. The number of benzene rings is 2. The zero-order valence-corrected chi connectivity index (χ0v) is 16.3. The molecule has 0 saturated heterocycles. The van der Waals surface area contributed by atoms with E-state index in [2.05, 4.69) is 15.4 Å². The van der Waals surface area contributed by atoms with Crippen molar-refractivity contribution >= 4 is 39.5 Å². The third-order valence-corrected chi connectivity index (χ3v) is 5.38. The molecular weight excluding hydrogens is 390 g/mol. The van der Waals surface area contributed by atoms with Crippen LogP contribution in [0.1, 0.15) is 16.3 Å². The van der Waals surface area contributed by atoms with Gasteiger partial charge in [0.25, 0.3) is 5.69 Å². The smallest absolute Gasteiger partial charge is 0.271 e. The average Bonchev–Trinajstić information content (AvgIpc) is 3.30. The summed E-state index contributed by atoms with van der Waals surface area (Å²) in [6, 6.07) is 12.2. The molecule has 8 nitrogen and oxygen atoms in total. The highest BCUT2D eigenvalue weighted by Gasteiger charge is 2.13. The van der Waals surface area contributed by atoms with Crippen molar-refractivity contribution in [2.45, 2.75) is 19.9 Å². The first kappa shape index (κ1) is 18.8. The van der Waals surface area contributed by atoms with Gasteiger partial charge in [-0.2, -0.15) is 5.10 Å². The number of carbonyl (C=O) groups excluding carboxylic acids is 1. The Balaban J connectivity index is 1.46. The van der Waals surface area contributed by atoms with Gasteiger partial charge in [0, 0.05) is 28.6 Å². The summed E-state index contributed by atoms with van der Waals surface area (Å²) in [5, 5.41) is 21.6. The first-order valence-electron chi connectivity index (χ1n) is 8.88. The third kappa shape index (κ3) is 4.14. The van der Waals surface area contributed by atoms with E-state index < -0.39 is 4.92 Å². The Labute approximate surface area is 170 Å². The summed E-state index contributed by atoms with van der Waals surface area (Å²) in [4.78, 5) is 27.4. The first-order chi connectivity index (χ1) is 14.0. The van der Waals surface area contributed by atoms with Crippen LogP contribution in [-0.2, 0) is 17.8 Å². The van der Waals surface area contributed by atoms with Gasteiger partial charge < -0.3 is 5.32 Å². The minimum atomic E-state index is -0.426. The molecule has 0 atom stereocenters. The van der Waals surface area contributed by atoms with Crippen LogP contribution in [0.3, 0.4) is 0 Å². The van der Waals surface area contributed by atoms with E-state index in [1.54, 1.807) is 16.9 Å². The van der Waals surface area contributed by atoms with Crippen LogP contribution in [-0.4, -0.2) is 25.6 Å². The molecule has 0 unspecified atom stereocenters. The molecule has 0 aliphatic heterocycles. The van der Waals surface area contributed by atoms with E-state index in [1.165, 1.54) is 23.5 Å². The largest absolute Gasteiger partial charge is 0.325 e. The summed E-state index contributed by atoms with van der Waals surface area (Å²) in [6.07, 6.45) is 1.85. The van der Waals surface area contributed by atoms with Crippen molar-refractivity contribution in [1.29, 1.82) is 0 Å². The SMILES string of the molecule is Cc1ccccc1NC(=O)Cc1nc(Cn2ncc3ccc([N+](=O)[O-])cc32)cs1. The lowest BCUT2D eigenvalue weighted by atomic mass is 10.2. The Kier molecular flexibility index (Phi) is 5.05. The molecule has 0 saturated carbocycles. The Hall–Kier alpha value is -3.59. The fourth-order valence-electron chi connectivity index (χ4n) is 3.00. The lowest BCUT2D eigenvalue weighted by Crippen LogP contribution is -2.15. The van der Waals surface area contributed by atoms with Gasteiger partial charge >= 0.3 is 0 Å². The molecule has 146 valence electrons. The van der Waals surface area contributed by atoms with Gasteiger partial charge in [-0.15, -0.1) is 11.3 Å². The molecule has 0 bridgehead atoms. The zero-order chi connectivity index (χ0) is 20.4. The van der Waals surface area contributed by atoms with Crippen LogP contribution in [0.25, 0.3) is 10.9 Å². The molecular formula is C20H17N5O3S. The van der Waals surface area contributed by atoms with Crippen molar-refractivity contribution in [3.05, 3.63) is 80.4 Å². The highest BCUT2D eigenvalue weighted by molar-refractivity contribution is 7.09. The van der Waals surface area contributed by atoms with Gasteiger partial charge in [0.2, 0.25) is 5.91 Å². The lowest BCUT2D eigenvalue weighted by molar-refractivity contribution is -0.384. The van der Waals surface area contributed by atoms with Crippen LogP contribution < -0.4 is 5.32 Å². The fourth-order valence-corrected chi connectivity index (χ4v) is 3.78. The normalized spacial score (nSPS) is 10.9. The predicted molar refractivity (Wildman–Crippen MR) is 111 cm³/mol. The van der Waals surface area contributed by atoms with E-state index in [1.807, 2.05) is 36.6 Å². The Bertz CT molecular complexity index is 1210. The number of nitrogens with one attached hydrogen (secondary N) is 1. The van der Waals surface area contributed by atoms with Gasteiger partial charge in [-0.25, -0.2) is 4.98 Å². The van der Waals surface area contributed by atoms with Gasteiger partial charge in [-0.05, 0) is 24.6 Å². The van der Waals surface area contributed by atoms with E-state index in [0.717, 1.165) is 22.3 Å². The highest BCUT2D eigenvalue weighted by Crippen LogP contribution is 2.22. The van der Waals surface area contributed by atoms with Crippen molar-refractivity contribution < 1.29 is 9.72 Å². The number of hydrogen-bond donors (Lipinski definition) is 1. The van der Waals surface area contributed by atoms with Gasteiger partial charge in [0.05, 0.1) is 35.3 Å². The monoisotopic (exact) mass is 407 g/mol. The summed E-state index contributed by atoms with van der Waals surface area (Å²) in [7, 11) is 0. The number of nitro benzene ring substituents is 1. The Morgan fingerprint density at radius 2 is 2.10 bits per heavy atom. The van der Waals surface area contributed by atoms with E-state index in [0.29, 0.717) is 17.1 Å². The second-order valence-corrected chi connectivity index (χ2v) is 7.52. The summed E-state index contributed by atoms with van der Waals surface area (Å²) < 4.78 is 1.68. The van der Waals surface area contributed by atoms with Crippen LogP contribution in [0.5, 0.6) is 0 Å². The minimum Gasteiger partial charge on any atom is -0.325 e. The van der Waals surface area contributed by atoms with E-state index in [9.17, 15) is 14.9 Å². The number of aromatic nitrogens is 3. The maximum absolute atomic E-state index is 12.3. The summed E-state index contributed by atoms with van der Waals surface area (Å²) in [5.74, 6) is -0.125. The Morgan fingerprint density at radius 1 is 1.28 bits per heavy atom. The number of nitro groups is 1. The van der Waals surface area contributed by atoms with Crippen LogP contribution in [0, 0.1) is 17.0 Å². The van der Waals surface area contributed by atoms with Gasteiger partial charge in [0.15, 0.2) is 0 Å². The maximum atomic E-state index is 12.3. The van der Waals surface area contributed by atoms with Crippen molar-refractivity contribution in [3.63, 3.8) is 0 Å². The lowest BCUT2D eigenvalue weighted by Gasteiger charge is -2.06. The molecule has 2 aromatic carbocycles. The number of amides is 1. The summed E-state index contributed by atoms with van der Waals surface area (Å²) in [6.45, 7) is 2.32. The highest BCUT2D eigenvalue weighted by atomic mass is 32.1. The molecule has 0 spiro atoms.